The van der Waals surface area contributed by atoms with Crippen molar-refractivity contribution in [3.63, 3.8) is 0 Å². The standard InChI is InChI=1S/C20H21FN4O/c1-15-3-2-4-18(13-15)25-11-9-24(10-12-25)14-19-22-20(23-26-19)16-5-7-17(21)8-6-16/h2-8,13H,9-12,14H2,1H3. The Kier molecular flexibility index (Phi) is 4.67. The first-order chi connectivity index (χ1) is 12.7. The number of piperazine rings is 1. The van der Waals surface area contributed by atoms with Gasteiger partial charge in [0.1, 0.15) is 5.82 Å². The zero-order valence-corrected chi connectivity index (χ0v) is 14.7. The third-order valence-corrected chi connectivity index (χ3v) is 4.67. The zero-order valence-electron chi connectivity index (χ0n) is 14.7. The molecule has 0 spiro atoms. The monoisotopic (exact) mass is 352 g/mol. The maximum Gasteiger partial charge on any atom is 0.241 e. The normalized spacial score (nSPS) is 15.4. The summed E-state index contributed by atoms with van der Waals surface area (Å²) in [5.74, 6) is 0.815. The quantitative estimate of drug-likeness (QED) is 0.719. The van der Waals surface area contributed by atoms with E-state index in [1.807, 2.05) is 0 Å². The summed E-state index contributed by atoms with van der Waals surface area (Å²) in [5.41, 5.74) is 3.32. The summed E-state index contributed by atoms with van der Waals surface area (Å²) in [7, 11) is 0. The second kappa shape index (κ2) is 7.25. The van der Waals surface area contributed by atoms with Crippen molar-refractivity contribution < 1.29 is 8.91 Å². The lowest BCUT2D eigenvalue weighted by Crippen LogP contribution is -2.46. The number of anilines is 1. The van der Waals surface area contributed by atoms with Crippen molar-refractivity contribution in [3.8, 4) is 11.4 Å². The van der Waals surface area contributed by atoms with Gasteiger partial charge in [0.05, 0.1) is 6.54 Å². The summed E-state index contributed by atoms with van der Waals surface area (Å²) in [4.78, 5) is 9.16. The van der Waals surface area contributed by atoms with Crippen LogP contribution in [0.3, 0.4) is 0 Å². The molecule has 0 aliphatic carbocycles. The minimum absolute atomic E-state index is 0.274. The summed E-state index contributed by atoms with van der Waals surface area (Å²) < 4.78 is 18.4. The molecule has 1 aliphatic heterocycles. The second-order valence-electron chi connectivity index (χ2n) is 6.62. The fourth-order valence-electron chi connectivity index (χ4n) is 3.22. The molecule has 0 N–H and O–H groups in total. The molecule has 4 rings (SSSR count). The molecule has 1 fully saturated rings. The topological polar surface area (TPSA) is 45.4 Å². The number of aryl methyl sites for hydroxylation is 1. The summed E-state index contributed by atoms with van der Waals surface area (Å²) in [6, 6.07) is 14.7. The van der Waals surface area contributed by atoms with Crippen LogP contribution >= 0.6 is 0 Å². The molecule has 1 saturated heterocycles. The molecule has 6 heteroatoms. The molecule has 1 aromatic heterocycles. The number of hydrogen-bond donors (Lipinski definition) is 0. The third-order valence-electron chi connectivity index (χ3n) is 4.67. The van der Waals surface area contributed by atoms with E-state index in [0.29, 0.717) is 18.3 Å². The number of rotatable bonds is 4. The highest BCUT2D eigenvalue weighted by Crippen LogP contribution is 2.20. The molecule has 0 radical (unpaired) electrons. The fourth-order valence-corrected chi connectivity index (χ4v) is 3.22. The lowest BCUT2D eigenvalue weighted by atomic mass is 10.2. The fraction of sp³-hybridized carbons (Fsp3) is 0.300. The molecule has 26 heavy (non-hydrogen) atoms. The minimum Gasteiger partial charge on any atom is -0.369 e. The smallest absolute Gasteiger partial charge is 0.241 e. The predicted molar refractivity (Wildman–Crippen MR) is 98.4 cm³/mol. The maximum absolute atomic E-state index is 13.0. The van der Waals surface area contributed by atoms with E-state index in [9.17, 15) is 4.39 Å². The van der Waals surface area contributed by atoms with E-state index < -0.39 is 0 Å². The molecular weight excluding hydrogens is 331 g/mol. The molecule has 2 heterocycles. The summed E-state index contributed by atoms with van der Waals surface area (Å²) >= 11 is 0. The largest absolute Gasteiger partial charge is 0.369 e. The lowest BCUT2D eigenvalue weighted by Gasteiger charge is -2.35. The second-order valence-corrected chi connectivity index (χ2v) is 6.62. The maximum atomic E-state index is 13.0. The van der Waals surface area contributed by atoms with Gasteiger partial charge in [-0.15, -0.1) is 0 Å². The minimum atomic E-state index is -0.274. The van der Waals surface area contributed by atoms with Crippen LogP contribution in [0, 0.1) is 12.7 Å². The van der Waals surface area contributed by atoms with Crippen molar-refractivity contribution in [1.29, 1.82) is 0 Å². The van der Waals surface area contributed by atoms with Crippen molar-refractivity contribution in [2.75, 3.05) is 31.1 Å². The Balaban J connectivity index is 1.35. The predicted octanol–water partition coefficient (Wildman–Crippen LogP) is 3.51. The molecule has 0 saturated carbocycles. The van der Waals surface area contributed by atoms with E-state index in [4.69, 9.17) is 4.52 Å². The Morgan fingerprint density at radius 1 is 1.04 bits per heavy atom. The van der Waals surface area contributed by atoms with Gasteiger partial charge in [-0.1, -0.05) is 17.3 Å². The van der Waals surface area contributed by atoms with Crippen LogP contribution in [-0.2, 0) is 6.54 Å². The van der Waals surface area contributed by atoms with Crippen LogP contribution in [0.4, 0.5) is 10.1 Å². The molecule has 1 aliphatic rings. The average molecular weight is 352 g/mol. The number of nitrogens with zero attached hydrogens (tertiary/aromatic N) is 4. The van der Waals surface area contributed by atoms with Crippen LogP contribution in [-0.4, -0.2) is 41.2 Å². The first-order valence-corrected chi connectivity index (χ1v) is 8.80. The van der Waals surface area contributed by atoms with Gasteiger partial charge in [0, 0.05) is 37.4 Å². The van der Waals surface area contributed by atoms with Gasteiger partial charge in [-0.3, -0.25) is 4.90 Å². The van der Waals surface area contributed by atoms with Crippen LogP contribution < -0.4 is 4.90 Å². The van der Waals surface area contributed by atoms with Gasteiger partial charge in [0.2, 0.25) is 11.7 Å². The molecule has 2 aromatic carbocycles. The van der Waals surface area contributed by atoms with E-state index in [1.165, 1.54) is 23.4 Å². The Labute approximate surface area is 152 Å². The van der Waals surface area contributed by atoms with E-state index >= 15 is 0 Å². The van der Waals surface area contributed by atoms with E-state index in [-0.39, 0.29) is 5.82 Å². The molecular formula is C20H21FN4O. The van der Waals surface area contributed by atoms with Gasteiger partial charge >= 0.3 is 0 Å². The van der Waals surface area contributed by atoms with Crippen molar-refractivity contribution >= 4 is 5.69 Å². The average Bonchev–Trinajstić information content (AvgIpc) is 3.11. The van der Waals surface area contributed by atoms with Crippen LogP contribution in [0.15, 0.2) is 53.1 Å². The van der Waals surface area contributed by atoms with E-state index in [0.717, 1.165) is 31.7 Å². The van der Waals surface area contributed by atoms with Gasteiger partial charge < -0.3 is 9.42 Å². The SMILES string of the molecule is Cc1cccc(N2CCN(Cc3nc(-c4ccc(F)cc4)no3)CC2)c1. The highest BCUT2D eigenvalue weighted by Gasteiger charge is 2.19. The highest BCUT2D eigenvalue weighted by atomic mass is 19.1. The first-order valence-electron chi connectivity index (χ1n) is 8.80. The van der Waals surface area contributed by atoms with Gasteiger partial charge in [-0.2, -0.15) is 4.98 Å². The Bertz CT molecular complexity index is 870. The summed E-state index contributed by atoms with van der Waals surface area (Å²) in [6.07, 6.45) is 0. The summed E-state index contributed by atoms with van der Waals surface area (Å²) in [5, 5.41) is 4.01. The van der Waals surface area contributed by atoms with Gasteiger partial charge in [0.25, 0.3) is 0 Å². The zero-order chi connectivity index (χ0) is 17.9. The molecule has 0 unspecified atom stereocenters. The van der Waals surface area contributed by atoms with E-state index in [1.54, 1.807) is 12.1 Å². The first kappa shape index (κ1) is 16.7. The highest BCUT2D eigenvalue weighted by molar-refractivity contribution is 5.53. The Morgan fingerprint density at radius 2 is 1.81 bits per heavy atom. The number of benzene rings is 2. The molecule has 3 aromatic rings. The van der Waals surface area contributed by atoms with Gasteiger partial charge in [-0.25, -0.2) is 4.39 Å². The molecule has 0 atom stereocenters. The van der Waals surface area contributed by atoms with Crippen molar-refractivity contribution in [1.82, 2.24) is 15.0 Å². The lowest BCUT2D eigenvalue weighted by molar-refractivity contribution is 0.215. The van der Waals surface area contributed by atoms with Crippen molar-refractivity contribution in [3.05, 3.63) is 65.8 Å². The summed E-state index contributed by atoms with van der Waals surface area (Å²) in [6.45, 7) is 6.60. The number of halogens is 1. The van der Waals surface area contributed by atoms with Crippen molar-refractivity contribution in [2.24, 2.45) is 0 Å². The third kappa shape index (κ3) is 3.75. The molecule has 0 bridgehead atoms. The molecule has 0 amide bonds. The van der Waals surface area contributed by atoms with Crippen LogP contribution in [0.25, 0.3) is 11.4 Å². The van der Waals surface area contributed by atoms with E-state index in [2.05, 4.69) is 51.1 Å². The molecule has 134 valence electrons. The van der Waals surface area contributed by atoms with Crippen LogP contribution in [0.1, 0.15) is 11.5 Å². The number of aromatic nitrogens is 2. The van der Waals surface area contributed by atoms with Gasteiger partial charge in [-0.05, 0) is 48.9 Å². The Morgan fingerprint density at radius 3 is 2.54 bits per heavy atom. The Hall–Kier alpha value is -2.73. The van der Waals surface area contributed by atoms with Crippen molar-refractivity contribution in [2.45, 2.75) is 13.5 Å². The van der Waals surface area contributed by atoms with Gasteiger partial charge in [0.15, 0.2) is 0 Å². The van der Waals surface area contributed by atoms with Crippen LogP contribution in [0.5, 0.6) is 0 Å². The number of hydrogen-bond acceptors (Lipinski definition) is 5. The molecule has 5 nitrogen and oxygen atoms in total. The van der Waals surface area contributed by atoms with Crippen LogP contribution in [0.2, 0.25) is 0 Å².